The van der Waals surface area contributed by atoms with Gasteiger partial charge in [0.2, 0.25) is 0 Å². The molecule has 1 heterocycles. The second-order valence-corrected chi connectivity index (χ2v) is 10.1. The van der Waals surface area contributed by atoms with E-state index in [1.165, 1.54) is 19.2 Å². The summed E-state index contributed by atoms with van der Waals surface area (Å²) in [5, 5.41) is 4.19. The van der Waals surface area contributed by atoms with Crippen molar-refractivity contribution in [1.82, 2.24) is 0 Å². The Hall–Kier alpha value is -2.19. The fourth-order valence-corrected chi connectivity index (χ4v) is 6.49. The maximum Gasteiger partial charge on any atom is 0.327 e. The summed E-state index contributed by atoms with van der Waals surface area (Å²) in [7, 11) is -2.78. The van der Waals surface area contributed by atoms with E-state index in [9.17, 15) is 13.2 Å². The van der Waals surface area contributed by atoms with Gasteiger partial charge in [0.1, 0.15) is 6.10 Å². The Morgan fingerprint density at radius 2 is 1.93 bits per heavy atom. The number of hydrogen-bond donors (Lipinski definition) is 0. The molecule has 0 radical (unpaired) electrons. The molecule has 2 aliphatic rings. The summed E-state index contributed by atoms with van der Waals surface area (Å²) in [5.41, 5.74) is 1.49. The summed E-state index contributed by atoms with van der Waals surface area (Å²) in [5.74, 6) is -1.07. The highest BCUT2D eigenvalue weighted by Crippen LogP contribution is 2.49. The van der Waals surface area contributed by atoms with Crippen molar-refractivity contribution in [3.8, 4) is 0 Å². The number of carbonyl (C=O) groups excluding carboxylic acids is 1. The molecule has 2 aromatic carbocycles. The van der Waals surface area contributed by atoms with E-state index in [0.717, 1.165) is 10.0 Å². The Kier molecular flexibility index (Phi) is 4.79. The third kappa shape index (κ3) is 2.86. The number of fused-ring (bicyclic) bond motifs is 1. The van der Waals surface area contributed by atoms with Crippen LogP contribution in [0, 0.1) is 5.92 Å². The maximum absolute atomic E-state index is 13.5. The zero-order valence-electron chi connectivity index (χ0n) is 15.0. The number of carbonyl (C=O) groups is 1. The molecule has 8 heteroatoms. The minimum atomic E-state index is -3.99. The van der Waals surface area contributed by atoms with Crippen LogP contribution in [0.4, 0.5) is 0 Å². The monoisotopic (exact) mass is 463 g/mol. The maximum atomic E-state index is 13.5. The molecule has 0 N–H and O–H groups in total. The highest BCUT2D eigenvalue weighted by molar-refractivity contribution is 9.10. The zero-order chi connectivity index (χ0) is 19.9. The average molecular weight is 464 g/mol. The molecular formula is C20H18BrNO5S. The molecule has 1 aliphatic heterocycles. The van der Waals surface area contributed by atoms with Crippen LogP contribution < -0.4 is 0 Å². The molecule has 0 amide bonds. The van der Waals surface area contributed by atoms with Crippen LogP contribution in [0.3, 0.4) is 0 Å². The lowest BCUT2D eigenvalue weighted by atomic mass is 9.93. The third-order valence-electron chi connectivity index (χ3n) is 5.41. The number of esters is 1. The van der Waals surface area contributed by atoms with E-state index in [0.29, 0.717) is 5.71 Å². The van der Waals surface area contributed by atoms with E-state index in [1.807, 2.05) is 24.3 Å². The van der Waals surface area contributed by atoms with Crippen LogP contribution in [-0.2, 0) is 24.2 Å². The molecule has 4 rings (SSSR count). The Balaban J connectivity index is 1.76. The number of ether oxygens (including phenoxy) is 1. The summed E-state index contributed by atoms with van der Waals surface area (Å²) >= 11 is 3.44. The summed E-state index contributed by atoms with van der Waals surface area (Å²) in [6.45, 7) is 0. The van der Waals surface area contributed by atoms with Crippen molar-refractivity contribution < 1.29 is 22.8 Å². The second-order valence-electron chi connectivity index (χ2n) is 6.95. The van der Waals surface area contributed by atoms with Crippen molar-refractivity contribution in [3.05, 3.63) is 64.6 Å². The first-order valence-corrected chi connectivity index (χ1v) is 11.0. The Labute approximate surface area is 171 Å². The van der Waals surface area contributed by atoms with Crippen molar-refractivity contribution in [2.45, 2.75) is 28.6 Å². The SMILES string of the molecule is COC(=O)[C@]1(S(=O)(=O)c2ccccc2)C[C@@H]2ON=C(c3cccc(Br)c3)[C@@H]2C1. The van der Waals surface area contributed by atoms with Crippen LogP contribution in [0.2, 0.25) is 0 Å². The topological polar surface area (TPSA) is 82.0 Å². The molecule has 6 nitrogen and oxygen atoms in total. The molecule has 1 aliphatic carbocycles. The Bertz CT molecular complexity index is 1050. The van der Waals surface area contributed by atoms with Crippen LogP contribution in [0.15, 0.2) is 69.1 Å². The van der Waals surface area contributed by atoms with Crippen molar-refractivity contribution in [3.63, 3.8) is 0 Å². The molecule has 0 saturated heterocycles. The molecule has 1 saturated carbocycles. The minimum Gasteiger partial charge on any atom is -0.468 e. The quantitative estimate of drug-likeness (QED) is 0.649. The van der Waals surface area contributed by atoms with Gasteiger partial charge in [-0.2, -0.15) is 0 Å². The number of methoxy groups -OCH3 is 1. The summed E-state index contributed by atoms with van der Waals surface area (Å²) in [4.78, 5) is 18.4. The van der Waals surface area contributed by atoms with Gasteiger partial charge in [0.15, 0.2) is 14.6 Å². The van der Waals surface area contributed by atoms with Gasteiger partial charge in [-0.05, 0) is 30.7 Å². The molecule has 0 unspecified atom stereocenters. The number of nitrogens with zero attached hydrogens (tertiary/aromatic N) is 1. The summed E-state index contributed by atoms with van der Waals surface area (Å²) < 4.78 is 31.1. The normalized spacial score (nSPS) is 26.3. The number of hydrogen-bond acceptors (Lipinski definition) is 6. The first-order valence-electron chi connectivity index (χ1n) is 8.77. The number of halogens is 1. The largest absolute Gasteiger partial charge is 0.468 e. The third-order valence-corrected chi connectivity index (χ3v) is 8.33. The first-order chi connectivity index (χ1) is 13.4. The van der Waals surface area contributed by atoms with Gasteiger partial charge in [-0.1, -0.05) is 51.4 Å². The molecule has 0 bridgehead atoms. The molecule has 1 fully saturated rings. The predicted molar refractivity (Wildman–Crippen MR) is 107 cm³/mol. The number of sulfone groups is 1. The molecule has 2 aromatic rings. The van der Waals surface area contributed by atoms with Gasteiger partial charge in [0, 0.05) is 22.4 Å². The lowest BCUT2D eigenvalue weighted by Gasteiger charge is -2.26. The van der Waals surface area contributed by atoms with Crippen molar-refractivity contribution in [1.29, 1.82) is 0 Å². The van der Waals surface area contributed by atoms with E-state index in [-0.39, 0.29) is 23.7 Å². The highest BCUT2D eigenvalue weighted by Gasteiger charge is 2.63. The van der Waals surface area contributed by atoms with Gasteiger partial charge in [-0.3, -0.25) is 4.79 Å². The minimum absolute atomic E-state index is 0.00255. The Morgan fingerprint density at radius 1 is 1.18 bits per heavy atom. The van der Waals surface area contributed by atoms with E-state index in [1.54, 1.807) is 18.2 Å². The van der Waals surface area contributed by atoms with Crippen LogP contribution in [0.1, 0.15) is 18.4 Å². The van der Waals surface area contributed by atoms with Gasteiger partial charge >= 0.3 is 5.97 Å². The molecule has 0 aromatic heterocycles. The lowest BCUT2D eigenvalue weighted by Crippen LogP contribution is -2.46. The molecule has 3 atom stereocenters. The van der Waals surface area contributed by atoms with Crippen LogP contribution in [0.5, 0.6) is 0 Å². The standard InChI is InChI=1S/C20H18BrNO5S/c1-26-19(23)20(28(24,25)15-8-3-2-4-9-15)11-16-17(12-20)27-22-18(16)13-6-5-7-14(21)10-13/h2-10,16-17H,11-12H2,1H3/t16-,17+,20-/m1/s1. The van der Waals surface area contributed by atoms with Crippen LogP contribution >= 0.6 is 15.9 Å². The highest BCUT2D eigenvalue weighted by atomic mass is 79.9. The van der Waals surface area contributed by atoms with Gasteiger partial charge < -0.3 is 9.57 Å². The lowest BCUT2D eigenvalue weighted by molar-refractivity contribution is -0.144. The first kappa shape index (κ1) is 19.1. The summed E-state index contributed by atoms with van der Waals surface area (Å²) in [6.07, 6.45) is -0.429. The fraction of sp³-hybridized carbons (Fsp3) is 0.300. The molecule has 0 spiro atoms. The van der Waals surface area contributed by atoms with Crippen molar-refractivity contribution in [2.75, 3.05) is 7.11 Å². The smallest absolute Gasteiger partial charge is 0.327 e. The van der Waals surface area contributed by atoms with E-state index in [4.69, 9.17) is 9.57 Å². The number of benzene rings is 2. The second kappa shape index (κ2) is 7.00. The van der Waals surface area contributed by atoms with Crippen LogP contribution in [-0.4, -0.2) is 38.1 Å². The van der Waals surface area contributed by atoms with Gasteiger partial charge in [0.05, 0.1) is 17.7 Å². The van der Waals surface area contributed by atoms with E-state index < -0.39 is 26.7 Å². The molecule has 28 heavy (non-hydrogen) atoms. The molecular weight excluding hydrogens is 446 g/mol. The predicted octanol–water partition coefficient (Wildman–Crippen LogP) is 3.35. The van der Waals surface area contributed by atoms with Crippen LogP contribution in [0.25, 0.3) is 0 Å². The van der Waals surface area contributed by atoms with Gasteiger partial charge in [-0.25, -0.2) is 8.42 Å². The zero-order valence-corrected chi connectivity index (χ0v) is 17.4. The van der Waals surface area contributed by atoms with E-state index in [2.05, 4.69) is 21.1 Å². The average Bonchev–Trinajstić information content (AvgIpc) is 3.27. The molecule has 146 valence electrons. The van der Waals surface area contributed by atoms with Gasteiger partial charge in [-0.15, -0.1) is 0 Å². The summed E-state index contributed by atoms with van der Waals surface area (Å²) in [6, 6.07) is 15.6. The Morgan fingerprint density at radius 3 is 2.61 bits per heavy atom. The van der Waals surface area contributed by atoms with Crippen molar-refractivity contribution in [2.24, 2.45) is 11.1 Å². The van der Waals surface area contributed by atoms with Crippen molar-refractivity contribution >= 4 is 37.4 Å². The van der Waals surface area contributed by atoms with Gasteiger partial charge in [0.25, 0.3) is 0 Å². The number of oxime groups is 1. The van der Waals surface area contributed by atoms with E-state index >= 15 is 0 Å². The fourth-order valence-electron chi connectivity index (χ4n) is 4.03. The number of rotatable bonds is 4.